The molecule has 5 nitrogen and oxygen atoms in total. The second-order valence-electron chi connectivity index (χ2n) is 9.91. The highest BCUT2D eigenvalue weighted by atomic mass is 32.2. The molecule has 33 heavy (non-hydrogen) atoms. The second kappa shape index (κ2) is 8.26. The van der Waals surface area contributed by atoms with Gasteiger partial charge >= 0.3 is 0 Å². The van der Waals surface area contributed by atoms with Gasteiger partial charge in [0.15, 0.2) is 5.71 Å². The molecule has 2 aromatic carbocycles. The molecule has 0 aromatic heterocycles. The summed E-state index contributed by atoms with van der Waals surface area (Å²) in [5.74, 6) is -0.357. The minimum absolute atomic E-state index is 0.101. The highest BCUT2D eigenvalue weighted by molar-refractivity contribution is 7.85. The van der Waals surface area contributed by atoms with Crippen LogP contribution in [-0.4, -0.2) is 42.6 Å². The fourth-order valence-electron chi connectivity index (χ4n) is 5.31. The molecular formula is C27H32N2O3S. The monoisotopic (exact) mass is 464 g/mol. The molecule has 6 heteroatoms. The molecule has 0 spiro atoms. The van der Waals surface area contributed by atoms with E-state index in [1.54, 1.807) is 0 Å². The van der Waals surface area contributed by atoms with Crippen LogP contribution in [0.5, 0.6) is 0 Å². The van der Waals surface area contributed by atoms with Gasteiger partial charge in [-0.1, -0.05) is 56.3 Å². The van der Waals surface area contributed by atoms with Crippen molar-refractivity contribution in [2.45, 2.75) is 44.9 Å². The standard InChI is InChI=1S/C27H32N2O3S/c1-26(2)20-12-6-8-14-22(20)28(5)24(26)16-10-17-25-27(3,4)21-13-7-9-15-23(21)29(25)18-11-19-33(30,31)32/h6-10,12-17H,11,18-19H2,1-5H3. The van der Waals surface area contributed by atoms with E-state index < -0.39 is 10.1 Å². The minimum Gasteiger partial charge on any atom is -0.748 e. The maximum atomic E-state index is 11.2. The van der Waals surface area contributed by atoms with Gasteiger partial charge in [0.2, 0.25) is 5.69 Å². The van der Waals surface area contributed by atoms with Crippen LogP contribution in [-0.2, 0) is 20.9 Å². The number of fused-ring (bicyclic) bond motifs is 2. The van der Waals surface area contributed by atoms with Crippen LogP contribution in [0.2, 0.25) is 0 Å². The van der Waals surface area contributed by atoms with Crippen molar-refractivity contribution in [1.29, 1.82) is 0 Å². The van der Waals surface area contributed by atoms with Gasteiger partial charge in [-0.15, -0.1) is 0 Å². The summed E-state index contributed by atoms with van der Waals surface area (Å²) in [6.45, 7) is 9.34. The number of benzene rings is 2. The zero-order chi connectivity index (χ0) is 24.0. The average molecular weight is 465 g/mol. The Morgan fingerprint density at radius 1 is 0.970 bits per heavy atom. The van der Waals surface area contributed by atoms with Gasteiger partial charge in [0.05, 0.1) is 15.5 Å². The number of hydrogen-bond acceptors (Lipinski definition) is 4. The Bertz CT molecular complexity index is 1280. The van der Waals surface area contributed by atoms with Crippen molar-refractivity contribution < 1.29 is 17.5 Å². The molecular weight excluding hydrogens is 432 g/mol. The van der Waals surface area contributed by atoms with Crippen LogP contribution in [0.15, 0.2) is 72.5 Å². The maximum Gasteiger partial charge on any atom is 0.209 e. The highest BCUT2D eigenvalue weighted by Crippen LogP contribution is 2.47. The van der Waals surface area contributed by atoms with Crippen molar-refractivity contribution in [1.82, 2.24) is 0 Å². The quantitative estimate of drug-likeness (QED) is 0.452. The summed E-state index contributed by atoms with van der Waals surface area (Å²) in [7, 11) is -2.13. The fraction of sp³-hybridized carbons (Fsp3) is 0.370. The molecule has 0 saturated carbocycles. The van der Waals surface area contributed by atoms with E-state index in [1.165, 1.54) is 22.5 Å². The van der Waals surface area contributed by atoms with Crippen LogP contribution in [0.4, 0.5) is 11.4 Å². The van der Waals surface area contributed by atoms with Gasteiger partial charge in [-0.3, -0.25) is 0 Å². The molecule has 0 radical (unpaired) electrons. The lowest BCUT2D eigenvalue weighted by atomic mass is 9.81. The zero-order valence-corrected chi connectivity index (χ0v) is 20.8. The van der Waals surface area contributed by atoms with Crippen LogP contribution in [0.3, 0.4) is 0 Å². The van der Waals surface area contributed by atoms with E-state index in [-0.39, 0.29) is 16.6 Å². The van der Waals surface area contributed by atoms with Crippen LogP contribution in [0.1, 0.15) is 45.2 Å². The Hall–Kier alpha value is -2.70. The lowest BCUT2D eigenvalue weighted by Crippen LogP contribution is -2.28. The fourth-order valence-corrected chi connectivity index (χ4v) is 5.80. The first-order valence-electron chi connectivity index (χ1n) is 11.3. The summed E-state index contributed by atoms with van der Waals surface area (Å²) < 4.78 is 35.7. The van der Waals surface area contributed by atoms with Crippen molar-refractivity contribution in [2.24, 2.45) is 0 Å². The predicted octanol–water partition coefficient (Wildman–Crippen LogP) is 4.87. The first-order valence-corrected chi connectivity index (χ1v) is 12.9. The van der Waals surface area contributed by atoms with Gasteiger partial charge in [0, 0.05) is 46.8 Å². The van der Waals surface area contributed by atoms with Crippen LogP contribution < -0.4 is 4.90 Å². The molecule has 0 amide bonds. The SMILES string of the molecule is C[N+]1=C(C=CC=C2N(CCCS(=O)(=O)[O-])c3ccccc3C2(C)C)C(C)(C)c2ccccc21. The van der Waals surface area contributed by atoms with Crippen LogP contribution >= 0.6 is 0 Å². The minimum atomic E-state index is -4.23. The third-order valence-corrected chi connectivity index (χ3v) is 7.81. The van der Waals surface area contributed by atoms with Crippen molar-refractivity contribution in [3.05, 3.63) is 83.6 Å². The van der Waals surface area contributed by atoms with Crippen molar-refractivity contribution in [2.75, 3.05) is 24.2 Å². The van der Waals surface area contributed by atoms with Gasteiger partial charge < -0.3 is 9.45 Å². The molecule has 2 aromatic rings. The summed E-state index contributed by atoms with van der Waals surface area (Å²) in [6, 6.07) is 16.7. The zero-order valence-electron chi connectivity index (χ0n) is 20.0. The number of anilines is 1. The molecule has 0 unspecified atom stereocenters. The molecule has 0 saturated heterocycles. The Kier molecular flexibility index (Phi) is 5.87. The van der Waals surface area contributed by atoms with Gasteiger partial charge in [0.1, 0.15) is 7.05 Å². The molecule has 2 aliphatic rings. The first-order chi connectivity index (χ1) is 15.4. The van der Waals surface area contributed by atoms with Gasteiger partial charge in [-0.05, 0) is 38.0 Å². The molecule has 174 valence electrons. The van der Waals surface area contributed by atoms with Crippen molar-refractivity contribution in [3.63, 3.8) is 0 Å². The van der Waals surface area contributed by atoms with E-state index in [4.69, 9.17) is 0 Å². The van der Waals surface area contributed by atoms with Gasteiger partial charge in [-0.2, -0.15) is 4.58 Å². The Balaban J connectivity index is 1.68. The Labute approximate surface area is 197 Å². The lowest BCUT2D eigenvalue weighted by molar-refractivity contribution is -0.401. The largest absolute Gasteiger partial charge is 0.748 e. The number of hydrogen-bond donors (Lipinski definition) is 0. The van der Waals surface area contributed by atoms with E-state index in [1.807, 2.05) is 12.1 Å². The van der Waals surface area contributed by atoms with Crippen LogP contribution in [0.25, 0.3) is 0 Å². The number of allylic oxidation sites excluding steroid dienone is 4. The molecule has 0 bridgehead atoms. The molecule has 2 aliphatic heterocycles. The van der Waals surface area contributed by atoms with Gasteiger partial charge in [-0.25, -0.2) is 8.42 Å². The summed E-state index contributed by atoms with van der Waals surface area (Å²) >= 11 is 0. The summed E-state index contributed by atoms with van der Waals surface area (Å²) in [5.41, 5.74) is 6.80. The Morgan fingerprint density at radius 3 is 2.27 bits per heavy atom. The van der Waals surface area contributed by atoms with E-state index in [0.717, 1.165) is 11.4 Å². The first kappa shape index (κ1) is 23.5. The van der Waals surface area contributed by atoms with E-state index >= 15 is 0 Å². The highest BCUT2D eigenvalue weighted by Gasteiger charge is 2.43. The second-order valence-corrected chi connectivity index (χ2v) is 11.4. The summed E-state index contributed by atoms with van der Waals surface area (Å²) in [4.78, 5) is 2.16. The molecule has 2 heterocycles. The number of para-hydroxylation sites is 2. The smallest absolute Gasteiger partial charge is 0.209 e. The van der Waals surface area contributed by atoms with Crippen LogP contribution in [0, 0.1) is 0 Å². The van der Waals surface area contributed by atoms with Crippen molar-refractivity contribution >= 4 is 27.2 Å². The molecule has 0 fully saturated rings. The lowest BCUT2D eigenvalue weighted by Gasteiger charge is -2.27. The third-order valence-electron chi connectivity index (χ3n) is 7.02. The summed E-state index contributed by atoms with van der Waals surface area (Å²) in [5, 5.41) is 0. The van der Waals surface area contributed by atoms with E-state index in [0.29, 0.717) is 13.0 Å². The van der Waals surface area contributed by atoms with E-state index in [9.17, 15) is 13.0 Å². The number of nitrogens with zero attached hydrogens (tertiary/aromatic N) is 2. The third kappa shape index (κ3) is 4.18. The number of rotatable bonds is 6. The van der Waals surface area contributed by atoms with E-state index in [2.05, 4.69) is 98.8 Å². The maximum absolute atomic E-state index is 11.2. The predicted molar refractivity (Wildman–Crippen MR) is 134 cm³/mol. The average Bonchev–Trinajstić information content (AvgIpc) is 3.08. The summed E-state index contributed by atoms with van der Waals surface area (Å²) in [6.07, 6.45) is 6.69. The molecule has 4 rings (SSSR count). The molecule has 0 aliphatic carbocycles. The van der Waals surface area contributed by atoms with Gasteiger partial charge in [0.25, 0.3) is 0 Å². The molecule has 0 N–H and O–H groups in total. The van der Waals surface area contributed by atoms with Crippen molar-refractivity contribution in [3.8, 4) is 0 Å². The normalized spacial score (nSPS) is 20.1. The Morgan fingerprint density at radius 2 is 1.61 bits per heavy atom. The molecule has 0 atom stereocenters. The topological polar surface area (TPSA) is 63.5 Å².